The fourth-order valence-corrected chi connectivity index (χ4v) is 2.44. The number of carbonyl (C=O) groups is 3. The van der Waals surface area contributed by atoms with Gasteiger partial charge in [-0.05, 0) is 51.5 Å². The van der Waals surface area contributed by atoms with Crippen molar-refractivity contribution in [2.75, 3.05) is 18.4 Å². The molecule has 3 N–H and O–H groups in total. The van der Waals surface area contributed by atoms with Crippen molar-refractivity contribution in [3.63, 3.8) is 0 Å². The maximum atomic E-state index is 12.2. The van der Waals surface area contributed by atoms with Crippen LogP contribution in [0, 0.1) is 0 Å². The summed E-state index contributed by atoms with van der Waals surface area (Å²) < 4.78 is 5.20. The molecule has 1 aliphatic heterocycles. The Morgan fingerprint density at radius 1 is 1.20 bits per heavy atom. The molecule has 1 aromatic carbocycles. The summed E-state index contributed by atoms with van der Waals surface area (Å²) in [6.45, 7) is 6.27. The van der Waals surface area contributed by atoms with E-state index in [-0.39, 0.29) is 17.6 Å². The summed E-state index contributed by atoms with van der Waals surface area (Å²) in [6.07, 6.45) is 0.147. The number of benzene rings is 1. The maximum Gasteiger partial charge on any atom is 0.407 e. The molecule has 2 rings (SSSR count). The van der Waals surface area contributed by atoms with Gasteiger partial charge in [-0.2, -0.15) is 0 Å². The van der Waals surface area contributed by atoms with Gasteiger partial charge in [0.25, 0.3) is 0 Å². The number of carbonyl (C=O) groups excluding carboxylic acids is 2. The van der Waals surface area contributed by atoms with Crippen LogP contribution in [0.15, 0.2) is 24.3 Å². The van der Waals surface area contributed by atoms with Gasteiger partial charge in [0.2, 0.25) is 0 Å². The predicted molar refractivity (Wildman–Crippen MR) is 91.8 cm³/mol. The van der Waals surface area contributed by atoms with Crippen molar-refractivity contribution in [3.8, 4) is 0 Å². The van der Waals surface area contributed by atoms with Gasteiger partial charge < -0.3 is 25.4 Å². The number of likely N-dealkylation sites (tertiary alicyclic amines) is 1. The molecule has 8 heteroatoms. The number of hydrogen-bond donors (Lipinski definition) is 3. The summed E-state index contributed by atoms with van der Waals surface area (Å²) >= 11 is 0. The molecule has 0 aliphatic carbocycles. The Kier molecular flexibility index (Phi) is 5.51. The number of hydrogen-bond acceptors (Lipinski definition) is 4. The minimum Gasteiger partial charge on any atom is -0.478 e. The quantitative estimate of drug-likeness (QED) is 0.777. The number of nitrogens with one attached hydrogen (secondary N) is 2. The smallest absolute Gasteiger partial charge is 0.407 e. The summed E-state index contributed by atoms with van der Waals surface area (Å²) in [6, 6.07) is 5.47. The molecule has 1 unspecified atom stereocenters. The minimum atomic E-state index is -1.02. The number of urea groups is 1. The molecule has 0 aromatic heterocycles. The molecule has 1 aliphatic rings. The van der Waals surface area contributed by atoms with E-state index in [9.17, 15) is 14.4 Å². The van der Waals surface area contributed by atoms with E-state index in [0.29, 0.717) is 25.2 Å². The molecule has 1 heterocycles. The third-order valence-corrected chi connectivity index (χ3v) is 3.58. The highest BCUT2D eigenvalue weighted by Crippen LogP contribution is 2.15. The van der Waals surface area contributed by atoms with Crippen molar-refractivity contribution < 1.29 is 24.2 Å². The number of aromatic carboxylic acids is 1. The molecular weight excluding hydrogens is 326 g/mol. The van der Waals surface area contributed by atoms with Crippen LogP contribution in [0.5, 0.6) is 0 Å². The Hall–Kier alpha value is -2.77. The van der Waals surface area contributed by atoms with E-state index in [1.807, 2.05) is 0 Å². The van der Waals surface area contributed by atoms with Gasteiger partial charge >= 0.3 is 18.1 Å². The highest BCUT2D eigenvalue weighted by molar-refractivity contribution is 5.91. The van der Waals surface area contributed by atoms with Crippen molar-refractivity contribution in [1.82, 2.24) is 10.2 Å². The molecule has 25 heavy (non-hydrogen) atoms. The molecule has 136 valence electrons. The van der Waals surface area contributed by atoms with Crippen LogP contribution in [0.25, 0.3) is 0 Å². The SMILES string of the molecule is CC(C)(C)OC(=O)NC1CCN(C(=O)Nc2ccc(C(=O)O)cc2)C1. The van der Waals surface area contributed by atoms with Gasteiger partial charge in [-0.15, -0.1) is 0 Å². The first kappa shape index (κ1) is 18.6. The van der Waals surface area contributed by atoms with Crippen molar-refractivity contribution in [2.24, 2.45) is 0 Å². The third-order valence-electron chi connectivity index (χ3n) is 3.58. The molecular formula is C17H23N3O5. The fraction of sp³-hybridized carbons (Fsp3) is 0.471. The molecule has 0 saturated carbocycles. The monoisotopic (exact) mass is 349 g/mol. The Labute approximate surface area is 146 Å². The van der Waals surface area contributed by atoms with Gasteiger partial charge in [0.1, 0.15) is 5.60 Å². The predicted octanol–water partition coefficient (Wildman–Crippen LogP) is 2.52. The first-order valence-corrected chi connectivity index (χ1v) is 8.03. The second-order valence-corrected chi connectivity index (χ2v) is 6.89. The van der Waals surface area contributed by atoms with Gasteiger partial charge in [-0.25, -0.2) is 14.4 Å². The van der Waals surface area contributed by atoms with Gasteiger partial charge in [0.15, 0.2) is 0 Å². The molecule has 1 aromatic rings. The van der Waals surface area contributed by atoms with E-state index in [2.05, 4.69) is 10.6 Å². The molecule has 1 fully saturated rings. The summed E-state index contributed by atoms with van der Waals surface area (Å²) in [5.74, 6) is -1.02. The second kappa shape index (κ2) is 7.42. The van der Waals surface area contributed by atoms with Gasteiger partial charge in [-0.1, -0.05) is 0 Å². The summed E-state index contributed by atoms with van der Waals surface area (Å²) in [7, 11) is 0. The van der Waals surface area contributed by atoms with Gasteiger partial charge in [0, 0.05) is 18.8 Å². The Morgan fingerprint density at radius 2 is 1.84 bits per heavy atom. The van der Waals surface area contributed by atoms with E-state index in [0.717, 1.165) is 0 Å². The van der Waals surface area contributed by atoms with Crippen LogP contribution in [0.1, 0.15) is 37.6 Å². The maximum absolute atomic E-state index is 12.2. The van der Waals surface area contributed by atoms with Crippen LogP contribution in [0.2, 0.25) is 0 Å². The number of rotatable bonds is 3. The molecule has 1 atom stereocenters. The van der Waals surface area contributed by atoms with Crippen LogP contribution in [0.4, 0.5) is 15.3 Å². The van der Waals surface area contributed by atoms with Gasteiger partial charge in [0.05, 0.1) is 11.6 Å². The van der Waals surface area contributed by atoms with Crippen LogP contribution in [-0.2, 0) is 4.74 Å². The fourth-order valence-electron chi connectivity index (χ4n) is 2.44. The highest BCUT2D eigenvalue weighted by atomic mass is 16.6. The zero-order chi connectivity index (χ0) is 18.6. The summed E-state index contributed by atoms with van der Waals surface area (Å²) in [5.41, 5.74) is 0.0985. The normalized spacial score (nSPS) is 17.1. The first-order chi connectivity index (χ1) is 11.6. The number of carboxylic acids is 1. The standard InChI is InChI=1S/C17H23N3O5/c1-17(2,3)25-16(24)19-13-8-9-20(10-13)15(23)18-12-6-4-11(5-7-12)14(21)22/h4-7,13H,8-10H2,1-3H3,(H,18,23)(H,19,24)(H,21,22). The van der Waals surface area contributed by atoms with Crippen molar-refractivity contribution in [1.29, 1.82) is 0 Å². The summed E-state index contributed by atoms with van der Waals surface area (Å²) in [5, 5.41) is 14.3. The first-order valence-electron chi connectivity index (χ1n) is 8.03. The topological polar surface area (TPSA) is 108 Å². The lowest BCUT2D eigenvalue weighted by molar-refractivity contribution is 0.0505. The van der Waals surface area contributed by atoms with E-state index in [1.54, 1.807) is 25.7 Å². The minimum absolute atomic E-state index is 0.154. The lowest BCUT2D eigenvalue weighted by atomic mass is 10.2. The second-order valence-electron chi connectivity index (χ2n) is 6.89. The molecule has 8 nitrogen and oxygen atoms in total. The average molecular weight is 349 g/mol. The molecule has 0 bridgehead atoms. The van der Waals surface area contributed by atoms with E-state index in [1.165, 1.54) is 24.3 Å². The summed E-state index contributed by atoms with van der Waals surface area (Å²) in [4.78, 5) is 36.4. The molecule has 0 spiro atoms. The Balaban J connectivity index is 1.83. The lowest BCUT2D eigenvalue weighted by Crippen LogP contribution is -2.42. The number of amides is 3. The van der Waals surface area contributed by atoms with Crippen LogP contribution < -0.4 is 10.6 Å². The zero-order valence-corrected chi connectivity index (χ0v) is 14.5. The van der Waals surface area contributed by atoms with Gasteiger partial charge in [-0.3, -0.25) is 0 Å². The molecule has 1 saturated heterocycles. The Morgan fingerprint density at radius 3 is 2.40 bits per heavy atom. The van der Waals surface area contributed by atoms with Crippen molar-refractivity contribution >= 4 is 23.8 Å². The van der Waals surface area contributed by atoms with Crippen molar-refractivity contribution in [2.45, 2.75) is 38.8 Å². The number of ether oxygens (including phenoxy) is 1. The average Bonchev–Trinajstić information content (AvgIpc) is 2.94. The zero-order valence-electron chi connectivity index (χ0n) is 14.5. The number of nitrogens with zero attached hydrogens (tertiary/aromatic N) is 1. The van der Waals surface area contributed by atoms with Crippen LogP contribution in [0.3, 0.4) is 0 Å². The van der Waals surface area contributed by atoms with Crippen LogP contribution in [-0.4, -0.2) is 52.8 Å². The third kappa shape index (κ3) is 5.66. The number of anilines is 1. The lowest BCUT2D eigenvalue weighted by Gasteiger charge is -2.22. The van der Waals surface area contributed by atoms with Crippen LogP contribution >= 0.6 is 0 Å². The molecule has 3 amide bonds. The van der Waals surface area contributed by atoms with E-state index >= 15 is 0 Å². The highest BCUT2D eigenvalue weighted by Gasteiger charge is 2.28. The van der Waals surface area contributed by atoms with Crippen molar-refractivity contribution in [3.05, 3.63) is 29.8 Å². The Bertz CT molecular complexity index is 651. The number of carboxylic acid groups (broad SMARTS) is 1. The number of alkyl carbamates (subject to hydrolysis) is 1. The largest absolute Gasteiger partial charge is 0.478 e. The van der Waals surface area contributed by atoms with E-state index < -0.39 is 17.7 Å². The molecule has 0 radical (unpaired) electrons. The van der Waals surface area contributed by atoms with E-state index in [4.69, 9.17) is 9.84 Å².